The molecule has 0 unspecified atom stereocenters. The van der Waals surface area contributed by atoms with Crippen LogP contribution in [0.15, 0.2) is 16.9 Å². The van der Waals surface area contributed by atoms with E-state index in [9.17, 15) is 9.59 Å². The molecule has 1 N–H and O–H groups in total. The number of fused-ring (bicyclic) bond motifs is 1. The van der Waals surface area contributed by atoms with Gasteiger partial charge >= 0.3 is 5.97 Å². The van der Waals surface area contributed by atoms with E-state index >= 15 is 0 Å². The summed E-state index contributed by atoms with van der Waals surface area (Å²) in [6, 6.07) is 3.41. The predicted molar refractivity (Wildman–Crippen MR) is 68.4 cm³/mol. The van der Waals surface area contributed by atoms with Crippen molar-refractivity contribution in [3.8, 4) is 0 Å². The fourth-order valence-electron chi connectivity index (χ4n) is 1.86. The van der Waals surface area contributed by atoms with Gasteiger partial charge in [0.2, 0.25) is 0 Å². The zero-order valence-electron chi connectivity index (χ0n) is 9.90. The van der Waals surface area contributed by atoms with Crippen LogP contribution in [0.1, 0.15) is 23.0 Å². The third-order valence-corrected chi connectivity index (χ3v) is 3.11. The second-order valence-corrected chi connectivity index (χ2v) is 4.25. The zero-order valence-corrected chi connectivity index (χ0v) is 10.7. The Balaban J connectivity index is 3.05. The molecule has 0 atom stereocenters. The largest absolute Gasteiger partial charge is 0.477 e. The van der Waals surface area contributed by atoms with Gasteiger partial charge in [0.1, 0.15) is 11.2 Å². The van der Waals surface area contributed by atoms with Crippen LogP contribution in [0.5, 0.6) is 0 Å². The number of aromatic carboxylic acids is 1. The van der Waals surface area contributed by atoms with E-state index in [1.807, 2.05) is 0 Å². The first-order valence-corrected chi connectivity index (χ1v) is 5.78. The Hall–Kier alpha value is -1.88. The van der Waals surface area contributed by atoms with Crippen LogP contribution >= 0.6 is 11.6 Å². The summed E-state index contributed by atoms with van der Waals surface area (Å²) in [7, 11) is 0. The highest BCUT2D eigenvalue weighted by atomic mass is 35.5. The van der Waals surface area contributed by atoms with E-state index in [0.717, 1.165) is 5.69 Å². The molecule has 0 spiro atoms. The average molecular weight is 267 g/mol. The van der Waals surface area contributed by atoms with Crippen molar-refractivity contribution >= 4 is 28.6 Å². The van der Waals surface area contributed by atoms with Crippen LogP contribution in [-0.2, 0) is 6.54 Å². The number of nitrogens with zero attached hydrogens (tertiary/aromatic N) is 2. The minimum atomic E-state index is -1.32. The molecule has 6 heteroatoms. The van der Waals surface area contributed by atoms with Crippen molar-refractivity contribution in [1.29, 1.82) is 0 Å². The monoisotopic (exact) mass is 266 g/mol. The van der Waals surface area contributed by atoms with Gasteiger partial charge in [-0.25, -0.2) is 9.78 Å². The highest BCUT2D eigenvalue weighted by Gasteiger charge is 2.20. The van der Waals surface area contributed by atoms with Gasteiger partial charge in [0.25, 0.3) is 5.56 Å². The summed E-state index contributed by atoms with van der Waals surface area (Å²) in [5, 5.41) is 9.48. The Labute approximate surface area is 108 Å². The van der Waals surface area contributed by atoms with Crippen LogP contribution in [0.2, 0.25) is 5.02 Å². The van der Waals surface area contributed by atoms with Crippen LogP contribution in [0.3, 0.4) is 0 Å². The maximum atomic E-state index is 12.0. The van der Waals surface area contributed by atoms with Crippen molar-refractivity contribution in [2.75, 3.05) is 0 Å². The van der Waals surface area contributed by atoms with Gasteiger partial charge < -0.3 is 5.11 Å². The number of hydrogen-bond donors (Lipinski definition) is 1. The van der Waals surface area contributed by atoms with E-state index in [0.29, 0.717) is 17.6 Å². The number of carbonyl (C=O) groups is 1. The van der Waals surface area contributed by atoms with Gasteiger partial charge in [-0.15, -0.1) is 0 Å². The van der Waals surface area contributed by atoms with Gasteiger partial charge in [0.05, 0.1) is 5.02 Å². The molecule has 0 aliphatic carbocycles. The number of carboxylic acid groups (broad SMARTS) is 1. The van der Waals surface area contributed by atoms with Crippen molar-refractivity contribution < 1.29 is 9.90 Å². The van der Waals surface area contributed by atoms with Crippen LogP contribution in [0.4, 0.5) is 0 Å². The average Bonchev–Trinajstić information content (AvgIpc) is 2.28. The van der Waals surface area contributed by atoms with E-state index in [4.69, 9.17) is 16.7 Å². The molecule has 18 heavy (non-hydrogen) atoms. The maximum absolute atomic E-state index is 12.0. The van der Waals surface area contributed by atoms with Crippen LogP contribution in [0.25, 0.3) is 11.0 Å². The molecule has 0 saturated heterocycles. The van der Waals surface area contributed by atoms with E-state index in [1.165, 1.54) is 4.57 Å². The van der Waals surface area contributed by atoms with E-state index in [-0.39, 0.29) is 5.02 Å². The number of carboxylic acids is 1. The summed E-state index contributed by atoms with van der Waals surface area (Å²) in [4.78, 5) is 27.4. The maximum Gasteiger partial charge on any atom is 0.342 e. The molecule has 0 aliphatic rings. The van der Waals surface area contributed by atoms with Crippen LogP contribution in [-0.4, -0.2) is 20.6 Å². The number of pyridine rings is 2. The summed E-state index contributed by atoms with van der Waals surface area (Å²) < 4.78 is 1.32. The number of halogens is 1. The number of hydrogen-bond acceptors (Lipinski definition) is 3. The van der Waals surface area contributed by atoms with Crippen molar-refractivity contribution in [3.05, 3.63) is 38.8 Å². The summed E-state index contributed by atoms with van der Waals surface area (Å²) >= 11 is 5.99. The highest BCUT2D eigenvalue weighted by molar-refractivity contribution is 6.38. The standard InChI is InChI=1S/C12H11ClN2O3/c1-3-15-10-7(5-4-6(2)14-10)9(13)8(11(15)16)12(17)18/h4-5H,3H2,1-2H3,(H,17,18). The topological polar surface area (TPSA) is 72.2 Å². The normalized spacial score (nSPS) is 10.8. The lowest BCUT2D eigenvalue weighted by molar-refractivity contribution is 0.0694. The van der Waals surface area contributed by atoms with E-state index < -0.39 is 17.1 Å². The molecule has 5 nitrogen and oxygen atoms in total. The lowest BCUT2D eigenvalue weighted by atomic mass is 10.2. The summed E-state index contributed by atoms with van der Waals surface area (Å²) in [6.07, 6.45) is 0. The molecule has 0 aliphatic heterocycles. The Kier molecular flexibility index (Phi) is 3.09. The Morgan fingerprint density at radius 2 is 2.17 bits per heavy atom. The Bertz CT molecular complexity index is 707. The SMILES string of the molecule is CCn1c(=O)c(C(=O)O)c(Cl)c2ccc(C)nc21. The second-order valence-electron chi connectivity index (χ2n) is 3.87. The third-order valence-electron chi connectivity index (χ3n) is 2.72. The van der Waals surface area contributed by atoms with E-state index in [2.05, 4.69) is 4.98 Å². The number of aryl methyl sites for hydroxylation is 2. The molecule has 0 fully saturated rings. The van der Waals surface area contributed by atoms with Gasteiger partial charge in [0.15, 0.2) is 0 Å². The third kappa shape index (κ3) is 1.76. The van der Waals surface area contributed by atoms with Gasteiger partial charge in [-0.3, -0.25) is 9.36 Å². The first-order chi connectivity index (χ1) is 8.47. The first-order valence-electron chi connectivity index (χ1n) is 5.40. The summed E-state index contributed by atoms with van der Waals surface area (Å²) in [6.45, 7) is 3.89. The number of aromatic nitrogens is 2. The van der Waals surface area contributed by atoms with Crippen molar-refractivity contribution in [2.24, 2.45) is 0 Å². The number of rotatable bonds is 2. The fraction of sp³-hybridized carbons (Fsp3) is 0.250. The lowest BCUT2D eigenvalue weighted by Gasteiger charge is -2.11. The molecule has 2 aromatic rings. The quantitative estimate of drug-likeness (QED) is 0.903. The minimum absolute atomic E-state index is 0.0558. The minimum Gasteiger partial charge on any atom is -0.477 e. The van der Waals surface area contributed by atoms with Crippen LogP contribution in [0, 0.1) is 6.92 Å². The molecular weight excluding hydrogens is 256 g/mol. The van der Waals surface area contributed by atoms with Crippen molar-refractivity contribution in [1.82, 2.24) is 9.55 Å². The molecule has 0 saturated carbocycles. The molecule has 0 amide bonds. The van der Waals surface area contributed by atoms with Crippen molar-refractivity contribution in [3.63, 3.8) is 0 Å². The fourth-order valence-corrected chi connectivity index (χ4v) is 2.17. The van der Waals surface area contributed by atoms with Gasteiger partial charge in [-0.2, -0.15) is 0 Å². The summed E-state index contributed by atoms with van der Waals surface area (Å²) in [5.74, 6) is -1.32. The molecule has 94 valence electrons. The van der Waals surface area contributed by atoms with Gasteiger partial charge in [-0.1, -0.05) is 11.6 Å². The Morgan fingerprint density at radius 3 is 2.72 bits per heavy atom. The smallest absolute Gasteiger partial charge is 0.342 e. The van der Waals surface area contributed by atoms with Crippen LogP contribution < -0.4 is 5.56 Å². The highest BCUT2D eigenvalue weighted by Crippen LogP contribution is 2.24. The van der Waals surface area contributed by atoms with Gasteiger partial charge in [-0.05, 0) is 26.0 Å². The molecule has 2 heterocycles. The van der Waals surface area contributed by atoms with E-state index in [1.54, 1.807) is 26.0 Å². The Morgan fingerprint density at radius 1 is 1.50 bits per heavy atom. The predicted octanol–water partition coefficient (Wildman–Crippen LogP) is 2.08. The summed E-state index contributed by atoms with van der Waals surface area (Å²) in [5.41, 5.74) is 0.123. The molecule has 2 aromatic heterocycles. The lowest BCUT2D eigenvalue weighted by Crippen LogP contribution is -2.27. The molecule has 2 rings (SSSR count). The molecule has 0 aromatic carbocycles. The molecule has 0 radical (unpaired) electrons. The molecule has 0 bridgehead atoms. The second kappa shape index (κ2) is 4.42. The molecular formula is C12H11ClN2O3. The van der Waals surface area contributed by atoms with Crippen molar-refractivity contribution in [2.45, 2.75) is 20.4 Å². The first kappa shape index (κ1) is 12.6. The van der Waals surface area contributed by atoms with Gasteiger partial charge in [0, 0.05) is 17.6 Å². The zero-order chi connectivity index (χ0) is 13.4.